The summed E-state index contributed by atoms with van der Waals surface area (Å²) in [5, 5.41) is 8.84. The summed E-state index contributed by atoms with van der Waals surface area (Å²) >= 11 is 0. The van der Waals surface area contributed by atoms with Gasteiger partial charge in [-0.2, -0.15) is 0 Å². The van der Waals surface area contributed by atoms with Gasteiger partial charge in [-0.1, -0.05) is 0 Å². The molecular formula is C15H19N3O4. The molecule has 0 aromatic heterocycles. The Balaban J connectivity index is 2.24. The van der Waals surface area contributed by atoms with Gasteiger partial charge in [0.25, 0.3) is 0 Å². The number of aliphatic carboxylic acids is 1. The molecule has 3 N–H and O–H groups in total. The molecule has 0 saturated carbocycles. The molecule has 0 saturated heterocycles. The molecule has 0 spiro atoms. The number of primary amides is 1. The first-order chi connectivity index (χ1) is 10.4. The largest absolute Gasteiger partial charge is 0.480 e. The maximum Gasteiger partial charge on any atom is 0.323 e. The van der Waals surface area contributed by atoms with Crippen LogP contribution in [0.1, 0.15) is 18.4 Å². The molecule has 2 amide bonds. The monoisotopic (exact) mass is 305 g/mol. The second-order valence-electron chi connectivity index (χ2n) is 5.32. The maximum atomic E-state index is 12.0. The van der Waals surface area contributed by atoms with Crippen LogP contribution in [-0.2, 0) is 20.8 Å². The minimum atomic E-state index is -0.904. The number of nitrogens with zero attached hydrogens (tertiary/aromatic N) is 2. The highest BCUT2D eigenvalue weighted by Crippen LogP contribution is 2.31. The lowest BCUT2D eigenvalue weighted by molar-refractivity contribution is -0.135. The molecule has 1 aliphatic heterocycles. The van der Waals surface area contributed by atoms with E-state index in [1.807, 2.05) is 6.07 Å². The van der Waals surface area contributed by atoms with E-state index in [1.54, 1.807) is 29.0 Å². The fraction of sp³-hybridized carbons (Fsp3) is 0.400. The molecule has 1 aliphatic rings. The first-order valence-corrected chi connectivity index (χ1v) is 7.03. The second kappa shape index (κ2) is 6.46. The number of hydrogen-bond donors (Lipinski definition) is 2. The molecule has 118 valence electrons. The number of carbonyl (C=O) groups is 3. The van der Waals surface area contributed by atoms with E-state index in [9.17, 15) is 14.4 Å². The summed E-state index contributed by atoms with van der Waals surface area (Å²) in [5.41, 5.74) is 7.67. The van der Waals surface area contributed by atoms with Gasteiger partial charge in [-0.15, -0.1) is 0 Å². The molecule has 7 nitrogen and oxygen atoms in total. The Morgan fingerprint density at radius 1 is 1.36 bits per heavy atom. The first kappa shape index (κ1) is 15.8. The Morgan fingerprint density at radius 3 is 2.73 bits per heavy atom. The lowest BCUT2D eigenvalue weighted by atomic mass is 10.00. The predicted octanol–water partition coefficient (Wildman–Crippen LogP) is 0.362. The van der Waals surface area contributed by atoms with Crippen LogP contribution in [0.25, 0.3) is 0 Å². The van der Waals surface area contributed by atoms with Crippen molar-refractivity contribution in [3.05, 3.63) is 23.8 Å². The number of carbonyl (C=O) groups excluding carboxylic acids is 2. The molecule has 22 heavy (non-hydrogen) atoms. The number of fused-ring (bicyclic) bond motifs is 1. The average molecular weight is 305 g/mol. The maximum absolute atomic E-state index is 12.0. The van der Waals surface area contributed by atoms with Crippen molar-refractivity contribution in [2.75, 3.05) is 29.9 Å². The molecule has 0 radical (unpaired) electrons. The van der Waals surface area contributed by atoms with Crippen molar-refractivity contribution in [2.24, 2.45) is 5.73 Å². The van der Waals surface area contributed by atoms with E-state index in [0.29, 0.717) is 12.8 Å². The van der Waals surface area contributed by atoms with Gasteiger partial charge in [0, 0.05) is 37.8 Å². The summed E-state index contributed by atoms with van der Waals surface area (Å²) in [6.45, 7) is 0.175. The van der Waals surface area contributed by atoms with E-state index in [0.717, 1.165) is 16.9 Å². The highest BCUT2D eigenvalue weighted by molar-refractivity contribution is 5.97. The smallest absolute Gasteiger partial charge is 0.323 e. The van der Waals surface area contributed by atoms with Gasteiger partial charge in [0.2, 0.25) is 11.8 Å². The van der Waals surface area contributed by atoms with Crippen molar-refractivity contribution < 1.29 is 19.5 Å². The minimum absolute atomic E-state index is 0.0274. The fourth-order valence-electron chi connectivity index (χ4n) is 2.55. The van der Waals surface area contributed by atoms with Gasteiger partial charge >= 0.3 is 5.97 Å². The molecule has 0 atom stereocenters. The topological polar surface area (TPSA) is 104 Å². The van der Waals surface area contributed by atoms with Crippen LogP contribution in [0.4, 0.5) is 11.4 Å². The van der Waals surface area contributed by atoms with Crippen LogP contribution in [0, 0.1) is 0 Å². The quantitative estimate of drug-likeness (QED) is 0.790. The number of nitrogens with two attached hydrogens (primary N) is 1. The number of amides is 2. The number of carboxylic acid groups (broad SMARTS) is 1. The summed E-state index contributed by atoms with van der Waals surface area (Å²) in [6.07, 6.45) is 1.10. The van der Waals surface area contributed by atoms with Gasteiger partial charge in [-0.25, -0.2) is 0 Å². The highest BCUT2D eigenvalue weighted by Gasteiger charge is 2.24. The summed E-state index contributed by atoms with van der Waals surface area (Å²) < 4.78 is 0. The van der Waals surface area contributed by atoms with E-state index in [4.69, 9.17) is 10.8 Å². The van der Waals surface area contributed by atoms with Crippen molar-refractivity contribution in [1.82, 2.24) is 0 Å². The fourth-order valence-corrected chi connectivity index (χ4v) is 2.55. The Bertz CT molecular complexity index is 615. The van der Waals surface area contributed by atoms with Crippen LogP contribution in [0.2, 0.25) is 0 Å². The van der Waals surface area contributed by atoms with Crippen molar-refractivity contribution in [2.45, 2.75) is 19.3 Å². The van der Waals surface area contributed by atoms with Crippen LogP contribution in [-0.4, -0.2) is 43.0 Å². The molecule has 7 heteroatoms. The molecule has 0 aliphatic carbocycles. The van der Waals surface area contributed by atoms with Crippen LogP contribution < -0.4 is 15.5 Å². The molecule has 1 aromatic rings. The van der Waals surface area contributed by atoms with Gasteiger partial charge in [0.15, 0.2) is 0 Å². The summed E-state index contributed by atoms with van der Waals surface area (Å²) in [7, 11) is 1.70. The number of hydrogen-bond acceptors (Lipinski definition) is 4. The molecule has 2 rings (SSSR count). The van der Waals surface area contributed by atoms with Crippen molar-refractivity contribution in [1.29, 1.82) is 0 Å². The van der Waals surface area contributed by atoms with Crippen LogP contribution in [0.3, 0.4) is 0 Å². The number of likely N-dealkylation sites (N-methyl/N-ethyl adjacent to an activating group) is 1. The predicted molar refractivity (Wildman–Crippen MR) is 81.8 cm³/mol. The third-order valence-corrected chi connectivity index (χ3v) is 3.66. The van der Waals surface area contributed by atoms with E-state index in [-0.39, 0.29) is 25.4 Å². The number of benzene rings is 1. The number of carboxylic acids is 1. The Hall–Kier alpha value is -2.57. The van der Waals surface area contributed by atoms with E-state index >= 15 is 0 Å². The third kappa shape index (κ3) is 3.55. The number of aryl methyl sites for hydroxylation is 1. The standard InChI is InChI=1S/C15H19N3O4/c1-17(9-15(21)22)11-3-4-12-10(8-11)2-5-14(20)18(12)7-6-13(16)19/h3-4,8H,2,5-7,9H2,1H3,(H2,16,19)(H,21,22). The summed E-state index contributed by atoms with van der Waals surface area (Å²) in [5.74, 6) is -1.38. The molecule has 0 fully saturated rings. The van der Waals surface area contributed by atoms with Crippen LogP contribution in [0.5, 0.6) is 0 Å². The SMILES string of the molecule is CN(CC(=O)O)c1ccc2c(c1)CCC(=O)N2CCC(N)=O. The van der Waals surface area contributed by atoms with E-state index < -0.39 is 11.9 Å². The molecular weight excluding hydrogens is 286 g/mol. The second-order valence-corrected chi connectivity index (χ2v) is 5.32. The van der Waals surface area contributed by atoms with Crippen molar-refractivity contribution in [3.63, 3.8) is 0 Å². The average Bonchev–Trinajstić information content (AvgIpc) is 2.44. The van der Waals surface area contributed by atoms with Gasteiger partial charge in [-0.3, -0.25) is 14.4 Å². The Labute approximate surface area is 128 Å². The van der Waals surface area contributed by atoms with E-state index in [1.165, 1.54) is 0 Å². The number of anilines is 2. The third-order valence-electron chi connectivity index (χ3n) is 3.66. The zero-order valence-electron chi connectivity index (χ0n) is 12.4. The molecule has 1 aromatic carbocycles. The normalized spacial score (nSPS) is 13.7. The summed E-state index contributed by atoms with van der Waals surface area (Å²) in [6, 6.07) is 5.46. The summed E-state index contributed by atoms with van der Waals surface area (Å²) in [4.78, 5) is 36.9. The Kier molecular flexibility index (Phi) is 4.65. The Morgan fingerprint density at radius 2 is 2.09 bits per heavy atom. The van der Waals surface area contributed by atoms with Crippen molar-refractivity contribution >= 4 is 29.2 Å². The first-order valence-electron chi connectivity index (χ1n) is 7.03. The van der Waals surface area contributed by atoms with Gasteiger partial charge in [0.05, 0.1) is 0 Å². The number of rotatable bonds is 6. The van der Waals surface area contributed by atoms with Crippen LogP contribution in [0.15, 0.2) is 18.2 Å². The lowest BCUT2D eigenvalue weighted by Gasteiger charge is -2.30. The van der Waals surface area contributed by atoms with Gasteiger partial charge in [-0.05, 0) is 30.2 Å². The van der Waals surface area contributed by atoms with Gasteiger partial charge in [0.1, 0.15) is 6.54 Å². The lowest BCUT2D eigenvalue weighted by Crippen LogP contribution is -2.37. The van der Waals surface area contributed by atoms with Crippen LogP contribution >= 0.6 is 0 Å². The molecule has 0 bridgehead atoms. The molecule has 0 unspecified atom stereocenters. The minimum Gasteiger partial charge on any atom is -0.480 e. The highest BCUT2D eigenvalue weighted by atomic mass is 16.4. The molecule has 1 heterocycles. The van der Waals surface area contributed by atoms with Crippen molar-refractivity contribution in [3.8, 4) is 0 Å². The van der Waals surface area contributed by atoms with E-state index in [2.05, 4.69) is 0 Å². The zero-order valence-corrected chi connectivity index (χ0v) is 12.4. The van der Waals surface area contributed by atoms with Gasteiger partial charge < -0.3 is 20.6 Å². The zero-order chi connectivity index (χ0) is 16.3.